The van der Waals surface area contributed by atoms with Gasteiger partial charge in [0.15, 0.2) is 23.1 Å². The van der Waals surface area contributed by atoms with Crippen LogP contribution in [-0.2, 0) is 31.9 Å². The molecule has 0 spiro atoms. The number of benzene rings is 6. The second-order valence-electron chi connectivity index (χ2n) is 19.0. The largest absolute Gasteiger partial charge is 0.356 e. The number of ketones is 4. The van der Waals surface area contributed by atoms with Gasteiger partial charge in [-0.2, -0.15) is 0 Å². The zero-order valence-electron chi connectivity index (χ0n) is 33.2. The van der Waals surface area contributed by atoms with E-state index in [1.807, 2.05) is 146 Å². The van der Waals surface area contributed by atoms with Crippen LogP contribution in [0.25, 0.3) is 24.3 Å². The van der Waals surface area contributed by atoms with Crippen molar-refractivity contribution in [2.75, 3.05) is 0 Å². The number of hydrogen-bond acceptors (Lipinski definition) is 6. The molecular weight excluding hydrogens is 769 g/mol. The molecule has 6 aromatic carbocycles. The van der Waals surface area contributed by atoms with Crippen LogP contribution in [0.2, 0.25) is 0 Å². The lowest BCUT2D eigenvalue weighted by Crippen LogP contribution is -2.60. The average molecular weight is 805 g/mol. The second kappa shape index (κ2) is 10.9. The number of carbonyl (C=O) groups excluding carboxylic acids is 4. The SMILES string of the molecule is O=C1c2cc3c4cc2C(=O)C2C1C1(c5ccccc5)OC2(c2ccccc2)C2C=c5cc6c(cc5=CC21)C(=O)C1C(C6=O)C2(c5ccccc5)OC1(c1ccccc1)C(C=3)C2C=4. The minimum absolute atomic E-state index is 0.0899. The number of ether oxygens (including phenoxy) is 2. The number of Topliss-reactive ketones (excluding diaryl/α,β-unsaturated/α-hetero) is 4. The van der Waals surface area contributed by atoms with E-state index in [1.165, 1.54) is 0 Å². The fourth-order valence-electron chi connectivity index (χ4n) is 14.9. The fraction of sp³-hybridized carbons (Fsp3) is 0.214. The highest BCUT2D eigenvalue weighted by atomic mass is 16.5. The smallest absolute Gasteiger partial charge is 0.170 e. The van der Waals surface area contributed by atoms with Crippen LogP contribution in [0.15, 0.2) is 146 Å². The molecule has 0 amide bonds. The first-order valence-corrected chi connectivity index (χ1v) is 21.9. The van der Waals surface area contributed by atoms with E-state index in [-0.39, 0.29) is 23.1 Å². The molecule has 0 N–H and O–H groups in total. The van der Waals surface area contributed by atoms with E-state index in [4.69, 9.17) is 9.47 Å². The van der Waals surface area contributed by atoms with Gasteiger partial charge in [-0.1, -0.05) is 146 Å². The molecule has 12 unspecified atom stereocenters. The molecule has 14 rings (SSSR count). The van der Waals surface area contributed by atoms with Gasteiger partial charge in [-0.15, -0.1) is 0 Å². The predicted molar refractivity (Wildman–Crippen MR) is 229 cm³/mol. The van der Waals surface area contributed by atoms with Crippen LogP contribution in [0.5, 0.6) is 0 Å². The highest BCUT2D eigenvalue weighted by Gasteiger charge is 2.82. The molecule has 6 heteroatoms. The minimum atomic E-state index is -1.22. The average Bonchev–Trinajstić information content (AvgIpc) is 4.02. The highest BCUT2D eigenvalue weighted by Crippen LogP contribution is 2.75. The van der Waals surface area contributed by atoms with Gasteiger partial charge in [-0.25, -0.2) is 0 Å². The molecule has 6 nitrogen and oxygen atoms in total. The second-order valence-corrected chi connectivity index (χ2v) is 19.0. The van der Waals surface area contributed by atoms with Crippen LogP contribution in [0.1, 0.15) is 63.7 Å². The van der Waals surface area contributed by atoms with Crippen molar-refractivity contribution in [1.29, 1.82) is 0 Å². The van der Waals surface area contributed by atoms with Gasteiger partial charge in [0, 0.05) is 45.9 Å². The zero-order chi connectivity index (χ0) is 41.1. The third-order valence-corrected chi connectivity index (χ3v) is 16.9. The number of rotatable bonds is 4. The van der Waals surface area contributed by atoms with Crippen molar-refractivity contribution in [2.24, 2.45) is 47.3 Å². The molecule has 296 valence electrons. The number of fused-ring (bicyclic) bond motifs is 20. The Bertz CT molecular complexity index is 2950. The molecule has 4 heterocycles. The topological polar surface area (TPSA) is 86.7 Å². The molecule has 4 fully saturated rings. The van der Waals surface area contributed by atoms with Crippen LogP contribution >= 0.6 is 0 Å². The molecule has 62 heavy (non-hydrogen) atoms. The Labute approximate surface area is 355 Å². The van der Waals surface area contributed by atoms with E-state index in [9.17, 15) is 0 Å². The fourth-order valence-corrected chi connectivity index (χ4v) is 14.9. The van der Waals surface area contributed by atoms with Gasteiger partial charge < -0.3 is 9.47 Å². The normalized spacial score (nSPS) is 37.2. The summed E-state index contributed by atoms with van der Waals surface area (Å²) in [4.78, 5) is 63.5. The first kappa shape index (κ1) is 34.0. The van der Waals surface area contributed by atoms with Crippen LogP contribution in [0, 0.1) is 47.3 Å². The Morgan fingerprint density at radius 2 is 0.516 bits per heavy atom. The van der Waals surface area contributed by atoms with Crippen molar-refractivity contribution in [1.82, 2.24) is 0 Å². The van der Waals surface area contributed by atoms with Crippen molar-refractivity contribution in [3.63, 3.8) is 0 Å². The highest BCUT2D eigenvalue weighted by molar-refractivity contribution is 6.19. The first-order chi connectivity index (χ1) is 30.3. The van der Waals surface area contributed by atoms with E-state index < -0.39 is 69.7 Å². The maximum atomic E-state index is 15.9. The Kier molecular flexibility index (Phi) is 5.97. The molecule has 4 aliphatic carbocycles. The lowest BCUT2D eigenvalue weighted by molar-refractivity contribution is -0.0768. The molecule has 4 saturated heterocycles. The summed E-state index contributed by atoms with van der Waals surface area (Å²) >= 11 is 0. The molecule has 0 aromatic heterocycles. The summed E-state index contributed by atoms with van der Waals surface area (Å²) in [5.41, 5.74) is 0.113. The van der Waals surface area contributed by atoms with Crippen molar-refractivity contribution < 1.29 is 28.7 Å². The van der Waals surface area contributed by atoms with Gasteiger partial charge in [-0.05, 0) is 67.4 Å². The summed E-state index contributed by atoms with van der Waals surface area (Å²) < 4.78 is 15.5. The Balaban J connectivity index is 1.13. The Morgan fingerprint density at radius 3 is 0.726 bits per heavy atom. The lowest BCUT2D eigenvalue weighted by Gasteiger charge is -2.49. The summed E-state index contributed by atoms with van der Waals surface area (Å²) in [5.74, 6) is -5.27. The first-order valence-electron chi connectivity index (χ1n) is 21.9. The van der Waals surface area contributed by atoms with E-state index >= 15 is 19.2 Å². The summed E-state index contributed by atoms with van der Waals surface area (Å²) in [6.45, 7) is 0. The molecule has 8 aliphatic rings. The molecule has 6 aromatic rings. The predicted octanol–water partition coefficient (Wildman–Crippen LogP) is 5.91. The third-order valence-electron chi connectivity index (χ3n) is 16.9. The monoisotopic (exact) mass is 804 g/mol. The van der Waals surface area contributed by atoms with Crippen molar-refractivity contribution in [3.8, 4) is 0 Å². The van der Waals surface area contributed by atoms with E-state index in [0.717, 1.165) is 43.1 Å². The van der Waals surface area contributed by atoms with Gasteiger partial charge >= 0.3 is 0 Å². The quantitative estimate of drug-likeness (QED) is 0.221. The molecule has 0 radical (unpaired) electrons. The Hall–Kier alpha value is -6.60. The molecule has 4 aliphatic heterocycles. The van der Waals surface area contributed by atoms with Crippen molar-refractivity contribution in [3.05, 3.63) is 211 Å². The van der Waals surface area contributed by atoms with Gasteiger partial charge in [0.1, 0.15) is 22.4 Å². The van der Waals surface area contributed by atoms with Gasteiger partial charge in [0.25, 0.3) is 0 Å². The Morgan fingerprint density at radius 1 is 0.306 bits per heavy atom. The molecule has 0 saturated carbocycles. The number of hydrogen-bond donors (Lipinski definition) is 0. The standard InChI is InChI=1S/C56H36O6/c57-49-37-22-31-27-43-44-28-32(31)24-38(37)50(58)46-45(49)53(33-13-5-1-6-14-33)41-25-29-21-39-40(23-30(29)26-42(41)54(46,61-53)34-15-7-2-8-16-34)52(60)48-47(51(39)59)55(43,35-17-9-3-10-18-35)62-56(44,48)36-19-11-4-12-20-36/h1-28,41-48H. The van der Waals surface area contributed by atoms with Crippen molar-refractivity contribution >= 4 is 47.4 Å². The van der Waals surface area contributed by atoms with E-state index in [2.05, 4.69) is 24.3 Å². The van der Waals surface area contributed by atoms with Crippen LogP contribution in [0.3, 0.4) is 0 Å². The summed E-state index contributed by atoms with van der Waals surface area (Å²) in [7, 11) is 0. The van der Waals surface area contributed by atoms with Crippen LogP contribution in [-0.4, -0.2) is 23.1 Å². The van der Waals surface area contributed by atoms with Crippen LogP contribution in [0.4, 0.5) is 0 Å². The van der Waals surface area contributed by atoms with Crippen LogP contribution < -0.4 is 20.9 Å². The molecule has 12 atom stereocenters. The summed E-state index contributed by atoms with van der Waals surface area (Å²) in [5, 5.41) is 3.26. The van der Waals surface area contributed by atoms with Gasteiger partial charge in [-0.3, -0.25) is 19.2 Å². The minimum Gasteiger partial charge on any atom is -0.356 e. The molecular formula is C56H36O6. The third kappa shape index (κ3) is 3.48. The van der Waals surface area contributed by atoms with Crippen molar-refractivity contribution in [2.45, 2.75) is 22.4 Å². The van der Waals surface area contributed by atoms with E-state index in [1.54, 1.807) is 0 Å². The van der Waals surface area contributed by atoms with Gasteiger partial charge in [0.05, 0.1) is 23.7 Å². The zero-order valence-corrected chi connectivity index (χ0v) is 33.2. The maximum absolute atomic E-state index is 15.9. The van der Waals surface area contributed by atoms with Gasteiger partial charge in [0.2, 0.25) is 0 Å². The summed E-state index contributed by atoms with van der Waals surface area (Å²) in [6, 6.07) is 47.5. The summed E-state index contributed by atoms with van der Waals surface area (Å²) in [6.07, 6.45) is 8.75. The molecule has 4 bridgehead atoms. The maximum Gasteiger partial charge on any atom is 0.170 e. The lowest BCUT2D eigenvalue weighted by atomic mass is 9.48. The van der Waals surface area contributed by atoms with E-state index in [0.29, 0.717) is 22.3 Å². The number of carbonyl (C=O) groups is 4.